The summed E-state index contributed by atoms with van der Waals surface area (Å²) in [6.45, 7) is 7.91. The molecule has 224 valence electrons. The van der Waals surface area contributed by atoms with Gasteiger partial charge >= 0.3 is 11.9 Å². The number of ether oxygens (including phenoxy) is 2. The van der Waals surface area contributed by atoms with Gasteiger partial charge in [-0.3, -0.25) is 9.59 Å². The van der Waals surface area contributed by atoms with Gasteiger partial charge in [-0.05, 0) is 52.1 Å². The van der Waals surface area contributed by atoms with Crippen molar-refractivity contribution in [3.05, 3.63) is 58.1 Å². The monoisotopic (exact) mass is 601 g/mol. The molecule has 12 nitrogen and oxygen atoms in total. The zero-order valence-corrected chi connectivity index (χ0v) is 24.6. The zero-order valence-electron chi connectivity index (χ0n) is 23.8. The number of rotatable bonds is 9. The van der Waals surface area contributed by atoms with Crippen molar-refractivity contribution < 1.29 is 28.2 Å². The van der Waals surface area contributed by atoms with Crippen LogP contribution in [0.3, 0.4) is 0 Å². The second kappa shape index (κ2) is 13.2. The summed E-state index contributed by atoms with van der Waals surface area (Å²) in [5, 5.41) is 10.8. The van der Waals surface area contributed by atoms with Gasteiger partial charge in [0.25, 0.3) is 5.91 Å². The van der Waals surface area contributed by atoms with Crippen LogP contribution in [0.2, 0.25) is 5.02 Å². The van der Waals surface area contributed by atoms with Crippen LogP contribution in [0.4, 0.5) is 21.5 Å². The molecule has 2 aromatic carbocycles. The highest BCUT2D eigenvalue weighted by molar-refractivity contribution is 6.35. The molecule has 1 aliphatic rings. The molecule has 2 heterocycles. The van der Waals surface area contributed by atoms with Gasteiger partial charge in [-0.2, -0.15) is 0 Å². The van der Waals surface area contributed by atoms with Crippen LogP contribution in [0.15, 0.2) is 30.5 Å². The number of nitrogens with zero attached hydrogens (tertiary/aromatic N) is 5. The van der Waals surface area contributed by atoms with E-state index in [4.69, 9.17) is 26.8 Å². The number of nitrogens with two attached hydrogens (primary N) is 1. The minimum Gasteiger partial charge on any atom is -0.466 e. The van der Waals surface area contributed by atoms with Crippen molar-refractivity contribution in [3.63, 3.8) is 0 Å². The first kappa shape index (κ1) is 30.7. The van der Waals surface area contributed by atoms with E-state index < -0.39 is 29.6 Å². The number of esters is 2. The van der Waals surface area contributed by atoms with Crippen molar-refractivity contribution in [3.8, 4) is 5.69 Å². The fraction of sp³-hybridized carbons (Fsp3) is 0.393. The summed E-state index contributed by atoms with van der Waals surface area (Å²) in [5.74, 6) is -3.10. The van der Waals surface area contributed by atoms with Crippen molar-refractivity contribution in [2.24, 2.45) is 5.92 Å². The smallest absolute Gasteiger partial charge is 0.360 e. The molecule has 1 fully saturated rings. The third kappa shape index (κ3) is 6.80. The van der Waals surface area contributed by atoms with Gasteiger partial charge in [-0.1, -0.05) is 16.8 Å². The predicted octanol–water partition coefficient (Wildman–Crippen LogP) is 3.31. The molecular weight excluding hydrogens is 569 g/mol. The molecule has 1 aliphatic heterocycles. The summed E-state index contributed by atoms with van der Waals surface area (Å²) in [4.78, 5) is 42.0. The van der Waals surface area contributed by atoms with Crippen LogP contribution in [-0.4, -0.2) is 84.2 Å². The number of halogens is 2. The Morgan fingerprint density at radius 1 is 1.17 bits per heavy atom. The highest BCUT2D eigenvalue weighted by Gasteiger charge is 2.23. The number of benzene rings is 2. The zero-order chi connectivity index (χ0) is 30.6. The summed E-state index contributed by atoms with van der Waals surface area (Å²) in [7, 11) is 2.04. The molecule has 42 heavy (non-hydrogen) atoms. The second-order valence-electron chi connectivity index (χ2n) is 10.0. The van der Waals surface area contributed by atoms with Crippen LogP contribution >= 0.6 is 11.6 Å². The lowest BCUT2D eigenvalue weighted by Gasteiger charge is -2.35. The maximum atomic E-state index is 14.2. The average molecular weight is 602 g/mol. The number of nitrogens with one attached hydrogen (secondary N) is 1. The Labute approximate surface area is 247 Å². The molecule has 0 bridgehead atoms. The second-order valence-corrected chi connectivity index (χ2v) is 10.4. The third-order valence-electron chi connectivity index (χ3n) is 6.89. The molecule has 1 aromatic heterocycles. The SMILES string of the molecule is CCOC(=O)C(C)COC(=O)c1cn(-c2ccc(N3CCN(C)CC3)c(NC(=O)c3cc(N)c(F)c(C)c3Cl)c2)nn1. The number of hydrogen-bond donors (Lipinski definition) is 2. The topological polar surface area (TPSA) is 145 Å². The number of carbonyl (C=O) groups is 3. The molecule has 1 amide bonds. The van der Waals surface area contributed by atoms with Gasteiger partial charge in [0.05, 0.1) is 52.1 Å². The summed E-state index contributed by atoms with van der Waals surface area (Å²) in [6, 6.07) is 6.51. The lowest BCUT2D eigenvalue weighted by Crippen LogP contribution is -2.44. The van der Waals surface area contributed by atoms with Gasteiger partial charge in [0.2, 0.25) is 0 Å². The van der Waals surface area contributed by atoms with Gasteiger partial charge in [-0.25, -0.2) is 13.9 Å². The minimum atomic E-state index is -0.751. The molecule has 1 saturated heterocycles. The van der Waals surface area contributed by atoms with Crippen molar-refractivity contribution in [2.75, 3.05) is 62.4 Å². The summed E-state index contributed by atoms with van der Waals surface area (Å²) in [5.41, 5.74) is 7.33. The number of likely N-dealkylation sites (N-methyl/N-ethyl adjacent to an activating group) is 1. The largest absolute Gasteiger partial charge is 0.466 e. The van der Waals surface area contributed by atoms with E-state index in [1.807, 2.05) is 13.1 Å². The molecule has 1 unspecified atom stereocenters. The highest BCUT2D eigenvalue weighted by Crippen LogP contribution is 2.32. The highest BCUT2D eigenvalue weighted by atomic mass is 35.5. The molecule has 1 atom stereocenters. The van der Waals surface area contributed by atoms with Crippen molar-refractivity contribution in [1.29, 1.82) is 0 Å². The van der Waals surface area contributed by atoms with Crippen LogP contribution in [0.25, 0.3) is 5.69 Å². The molecule has 0 aliphatic carbocycles. The molecule has 0 saturated carbocycles. The Balaban J connectivity index is 1.60. The fourth-order valence-corrected chi connectivity index (χ4v) is 4.58. The molecule has 3 aromatic rings. The number of hydrogen-bond acceptors (Lipinski definition) is 10. The number of carbonyl (C=O) groups excluding carboxylic acids is 3. The van der Waals surface area contributed by atoms with E-state index >= 15 is 0 Å². The first-order valence-corrected chi connectivity index (χ1v) is 13.8. The Morgan fingerprint density at radius 2 is 1.88 bits per heavy atom. The van der Waals surface area contributed by atoms with Gasteiger partial charge in [0.15, 0.2) is 11.5 Å². The van der Waals surface area contributed by atoms with E-state index in [2.05, 4.69) is 25.4 Å². The minimum absolute atomic E-state index is 0.0330. The van der Waals surface area contributed by atoms with E-state index in [0.29, 0.717) is 11.4 Å². The van der Waals surface area contributed by atoms with Crippen molar-refractivity contribution in [1.82, 2.24) is 19.9 Å². The van der Waals surface area contributed by atoms with E-state index in [0.717, 1.165) is 31.9 Å². The standard InChI is InChI=1S/C28H33ClFN7O5/c1-5-41-27(39)16(2)15-42-28(40)22-14-37(34-33-22)18-6-7-23(36-10-8-35(4)9-11-36)21(12-18)32-26(38)19-13-20(31)25(30)17(3)24(19)29/h6-7,12-14,16H,5,8-11,15,31H2,1-4H3,(H,32,38). The fourth-order valence-electron chi connectivity index (χ4n) is 4.35. The summed E-state index contributed by atoms with van der Waals surface area (Å²) < 4.78 is 25.7. The lowest BCUT2D eigenvalue weighted by atomic mass is 10.1. The van der Waals surface area contributed by atoms with Crippen LogP contribution in [0, 0.1) is 18.7 Å². The quantitative estimate of drug-likeness (QED) is 0.277. The van der Waals surface area contributed by atoms with Gasteiger partial charge in [0.1, 0.15) is 6.61 Å². The van der Waals surface area contributed by atoms with Crippen LogP contribution in [-0.2, 0) is 14.3 Å². The van der Waals surface area contributed by atoms with E-state index in [9.17, 15) is 18.8 Å². The summed E-state index contributed by atoms with van der Waals surface area (Å²) in [6.07, 6.45) is 1.38. The molecule has 3 N–H and O–H groups in total. The van der Waals surface area contributed by atoms with E-state index in [1.165, 1.54) is 23.9 Å². The molecular formula is C28H33ClFN7O5. The number of anilines is 3. The maximum Gasteiger partial charge on any atom is 0.360 e. The van der Waals surface area contributed by atoms with Crippen LogP contribution in [0.5, 0.6) is 0 Å². The Hall–Kier alpha value is -4.23. The summed E-state index contributed by atoms with van der Waals surface area (Å²) >= 11 is 6.31. The predicted molar refractivity (Wildman–Crippen MR) is 156 cm³/mol. The van der Waals surface area contributed by atoms with Gasteiger partial charge < -0.3 is 30.3 Å². The number of aromatic nitrogens is 3. The van der Waals surface area contributed by atoms with Crippen molar-refractivity contribution >= 4 is 46.5 Å². The average Bonchev–Trinajstić information content (AvgIpc) is 3.47. The number of amides is 1. The molecule has 0 radical (unpaired) electrons. The maximum absolute atomic E-state index is 14.2. The van der Waals surface area contributed by atoms with Gasteiger partial charge in [-0.15, -0.1) is 5.10 Å². The molecule has 4 rings (SSSR count). The Morgan fingerprint density at radius 3 is 2.57 bits per heavy atom. The molecule has 14 heteroatoms. The Bertz CT molecular complexity index is 1490. The van der Waals surface area contributed by atoms with Gasteiger partial charge in [0, 0.05) is 31.7 Å². The normalized spacial score (nSPS) is 14.4. The number of piperazine rings is 1. The first-order chi connectivity index (χ1) is 20.0. The number of nitrogen functional groups attached to an aromatic ring is 1. The lowest BCUT2D eigenvalue weighted by molar-refractivity contribution is -0.148. The first-order valence-electron chi connectivity index (χ1n) is 13.4. The Kier molecular flexibility index (Phi) is 9.63. The molecule has 0 spiro atoms. The van der Waals surface area contributed by atoms with Crippen LogP contribution in [0.1, 0.15) is 40.3 Å². The van der Waals surface area contributed by atoms with Crippen LogP contribution < -0.4 is 16.0 Å². The van der Waals surface area contributed by atoms with E-state index in [1.54, 1.807) is 26.0 Å². The van der Waals surface area contributed by atoms with E-state index in [-0.39, 0.29) is 40.7 Å². The van der Waals surface area contributed by atoms with Crippen molar-refractivity contribution in [2.45, 2.75) is 20.8 Å². The third-order valence-corrected chi connectivity index (χ3v) is 7.37.